The predicted octanol–water partition coefficient (Wildman–Crippen LogP) is 6.45. The molecule has 0 saturated heterocycles. The number of nitrogens with zero attached hydrogens (tertiary/aromatic N) is 1. The van der Waals surface area contributed by atoms with E-state index >= 15 is 0 Å². The second kappa shape index (κ2) is 13.7. The maximum absolute atomic E-state index is 14.2. The number of ether oxygens (including phenoxy) is 1. The second-order valence-corrected chi connectivity index (χ2v) is 11.0. The molecule has 0 aliphatic rings. The number of hydrogen-bond donors (Lipinski definition) is 2. The monoisotopic (exact) mass is 553 g/mol. The van der Waals surface area contributed by atoms with Gasteiger partial charge in [-0.05, 0) is 67.3 Å². The van der Waals surface area contributed by atoms with Gasteiger partial charge in [-0.1, -0.05) is 74.7 Å². The van der Waals surface area contributed by atoms with Crippen molar-refractivity contribution in [1.82, 2.24) is 10.2 Å². The highest BCUT2D eigenvalue weighted by molar-refractivity contribution is 6.00. The van der Waals surface area contributed by atoms with Gasteiger partial charge in [0, 0.05) is 17.8 Å². The van der Waals surface area contributed by atoms with E-state index in [0.717, 1.165) is 10.8 Å². The van der Waals surface area contributed by atoms with Gasteiger partial charge < -0.3 is 20.3 Å². The number of amides is 3. The molecule has 7 heteroatoms. The fourth-order valence-corrected chi connectivity index (χ4v) is 4.47. The van der Waals surface area contributed by atoms with Crippen molar-refractivity contribution >= 4 is 34.4 Å². The van der Waals surface area contributed by atoms with Crippen molar-refractivity contribution in [2.75, 3.05) is 11.9 Å². The summed E-state index contributed by atoms with van der Waals surface area (Å²) in [6, 6.07) is 18.4. The third-order valence-electron chi connectivity index (χ3n) is 6.73. The van der Waals surface area contributed by atoms with Crippen molar-refractivity contribution < 1.29 is 19.1 Å². The van der Waals surface area contributed by atoms with Crippen LogP contribution in [0.2, 0.25) is 0 Å². The molecule has 2 N–H and O–H groups in total. The number of nitrogens with one attached hydrogen (secondary N) is 2. The number of terminal acetylenes is 1. The Labute approximate surface area is 243 Å². The summed E-state index contributed by atoms with van der Waals surface area (Å²) in [6.45, 7) is 13.0. The molecule has 7 nitrogen and oxygen atoms in total. The molecule has 3 unspecified atom stereocenters. The summed E-state index contributed by atoms with van der Waals surface area (Å²) in [5.41, 5.74) is 1.07. The number of alkyl carbamates (subject to hydrolysis) is 1. The number of carbonyl (C=O) groups is 3. The molecule has 0 bridgehead atoms. The second-order valence-electron chi connectivity index (χ2n) is 11.0. The van der Waals surface area contributed by atoms with Gasteiger partial charge in [0.15, 0.2) is 0 Å². The Kier molecular flexibility index (Phi) is 10.3. The molecule has 3 rings (SSSR count). The summed E-state index contributed by atoms with van der Waals surface area (Å²) in [4.78, 5) is 42.4. The molecule has 214 valence electrons. The predicted molar refractivity (Wildman–Crippen MR) is 164 cm³/mol. The van der Waals surface area contributed by atoms with Crippen LogP contribution in [0, 0.1) is 18.3 Å². The van der Waals surface area contributed by atoms with E-state index in [2.05, 4.69) is 23.1 Å². The Morgan fingerprint density at radius 2 is 1.71 bits per heavy atom. The van der Waals surface area contributed by atoms with E-state index in [0.29, 0.717) is 23.2 Å². The van der Waals surface area contributed by atoms with Crippen molar-refractivity contribution in [2.45, 2.75) is 58.7 Å². The standard InChI is InChI=1S/C34H39N3O4/c1-8-21-37(32(39)29(23(4)9-2)36-33(40)41-34(5,6)7)30(26-17-15-24(10-3)16-18-26)31(38)35-28-20-19-25-13-11-12-14-27(25)22-28/h3,8,11-20,22-23,29-30H,1,9,21H2,2,4-7H3,(H,35,38)(H,36,40). The van der Waals surface area contributed by atoms with Crippen LogP contribution in [-0.4, -0.2) is 41.0 Å². The number of hydrogen-bond acceptors (Lipinski definition) is 4. The van der Waals surface area contributed by atoms with Gasteiger partial charge in [0.2, 0.25) is 5.91 Å². The van der Waals surface area contributed by atoms with E-state index in [1.807, 2.05) is 56.3 Å². The van der Waals surface area contributed by atoms with Gasteiger partial charge in [0.25, 0.3) is 5.91 Å². The minimum absolute atomic E-state index is 0.0640. The number of fused-ring (bicyclic) bond motifs is 1. The average molecular weight is 554 g/mol. The molecule has 0 fully saturated rings. The summed E-state index contributed by atoms with van der Waals surface area (Å²) in [7, 11) is 0. The molecule has 0 heterocycles. The van der Waals surface area contributed by atoms with Gasteiger partial charge in [0.1, 0.15) is 17.7 Å². The van der Waals surface area contributed by atoms with Crippen LogP contribution in [0.15, 0.2) is 79.4 Å². The number of carbonyl (C=O) groups excluding carboxylic acids is 3. The van der Waals surface area contributed by atoms with E-state index in [-0.39, 0.29) is 12.5 Å². The molecule has 0 aliphatic heterocycles. The maximum Gasteiger partial charge on any atom is 0.408 e. The van der Waals surface area contributed by atoms with Gasteiger partial charge in [-0.15, -0.1) is 13.0 Å². The average Bonchev–Trinajstić information content (AvgIpc) is 2.94. The minimum Gasteiger partial charge on any atom is -0.444 e. The first-order chi connectivity index (χ1) is 19.5. The first-order valence-electron chi connectivity index (χ1n) is 13.7. The lowest BCUT2D eigenvalue weighted by atomic mass is 9.95. The van der Waals surface area contributed by atoms with Crippen LogP contribution in [0.5, 0.6) is 0 Å². The fourth-order valence-electron chi connectivity index (χ4n) is 4.47. The quantitative estimate of drug-likeness (QED) is 0.223. The molecule has 0 aliphatic carbocycles. The molecule has 0 saturated carbocycles. The van der Waals surface area contributed by atoms with Crippen LogP contribution >= 0.6 is 0 Å². The SMILES string of the molecule is C#Cc1ccc(C(C(=O)Nc2ccc3ccccc3c2)N(CC=C)C(=O)C(NC(=O)OC(C)(C)C)C(C)CC)cc1. The molecule has 0 radical (unpaired) electrons. The van der Waals surface area contributed by atoms with Crippen molar-refractivity contribution in [3.8, 4) is 12.3 Å². The zero-order valence-electron chi connectivity index (χ0n) is 24.4. The Balaban J connectivity index is 2.03. The van der Waals surface area contributed by atoms with Crippen LogP contribution in [0.25, 0.3) is 10.8 Å². The number of rotatable bonds is 10. The summed E-state index contributed by atoms with van der Waals surface area (Å²) in [5.74, 6) is 1.50. The van der Waals surface area contributed by atoms with Crippen LogP contribution in [-0.2, 0) is 14.3 Å². The van der Waals surface area contributed by atoms with Crippen LogP contribution in [0.3, 0.4) is 0 Å². The number of anilines is 1. The van der Waals surface area contributed by atoms with E-state index in [9.17, 15) is 14.4 Å². The van der Waals surface area contributed by atoms with Crippen molar-refractivity contribution in [1.29, 1.82) is 0 Å². The highest BCUT2D eigenvalue weighted by atomic mass is 16.6. The highest BCUT2D eigenvalue weighted by Gasteiger charge is 2.37. The first-order valence-corrected chi connectivity index (χ1v) is 13.7. The lowest BCUT2D eigenvalue weighted by Crippen LogP contribution is -2.54. The summed E-state index contributed by atoms with van der Waals surface area (Å²) in [6.07, 6.45) is 7.03. The fraction of sp³-hybridized carbons (Fsp3) is 0.324. The zero-order chi connectivity index (χ0) is 30.2. The van der Waals surface area contributed by atoms with E-state index in [1.54, 1.807) is 51.1 Å². The van der Waals surface area contributed by atoms with Crippen molar-refractivity contribution in [2.24, 2.45) is 5.92 Å². The zero-order valence-corrected chi connectivity index (χ0v) is 24.4. The van der Waals surface area contributed by atoms with Crippen molar-refractivity contribution in [3.05, 3.63) is 90.5 Å². The Morgan fingerprint density at radius 3 is 2.29 bits per heavy atom. The Hall–Kier alpha value is -4.57. The lowest BCUT2D eigenvalue weighted by Gasteiger charge is -2.35. The molecule has 3 atom stereocenters. The first kappa shape index (κ1) is 31.0. The maximum atomic E-state index is 14.2. The van der Waals surface area contributed by atoms with Crippen LogP contribution in [0.1, 0.15) is 58.2 Å². The molecule has 0 aromatic heterocycles. The molecule has 3 aromatic rings. The largest absolute Gasteiger partial charge is 0.444 e. The summed E-state index contributed by atoms with van der Waals surface area (Å²) < 4.78 is 5.45. The van der Waals surface area contributed by atoms with E-state index in [1.165, 1.54) is 4.90 Å². The van der Waals surface area contributed by atoms with Crippen LogP contribution in [0.4, 0.5) is 10.5 Å². The molecule has 3 aromatic carbocycles. The normalized spacial score (nSPS) is 13.3. The van der Waals surface area contributed by atoms with Gasteiger partial charge in [-0.2, -0.15) is 0 Å². The molecule has 3 amide bonds. The molecular weight excluding hydrogens is 514 g/mol. The lowest BCUT2D eigenvalue weighted by molar-refractivity contribution is -0.141. The highest BCUT2D eigenvalue weighted by Crippen LogP contribution is 2.27. The van der Waals surface area contributed by atoms with Gasteiger partial charge in [-0.25, -0.2) is 4.79 Å². The smallest absolute Gasteiger partial charge is 0.408 e. The topological polar surface area (TPSA) is 87.7 Å². The number of benzene rings is 3. The van der Waals surface area contributed by atoms with Gasteiger partial charge >= 0.3 is 6.09 Å². The van der Waals surface area contributed by atoms with Crippen molar-refractivity contribution in [3.63, 3.8) is 0 Å². The molecule has 0 spiro atoms. The van der Waals surface area contributed by atoms with Crippen LogP contribution < -0.4 is 10.6 Å². The van der Waals surface area contributed by atoms with E-state index in [4.69, 9.17) is 11.2 Å². The van der Waals surface area contributed by atoms with Gasteiger partial charge in [-0.3, -0.25) is 9.59 Å². The molecule has 41 heavy (non-hydrogen) atoms. The van der Waals surface area contributed by atoms with Gasteiger partial charge in [0.05, 0.1) is 0 Å². The Bertz CT molecular complexity index is 1430. The summed E-state index contributed by atoms with van der Waals surface area (Å²) in [5, 5.41) is 7.75. The third-order valence-corrected chi connectivity index (χ3v) is 6.73. The minimum atomic E-state index is -1.04. The molecular formula is C34H39N3O4. The third kappa shape index (κ3) is 8.21. The Morgan fingerprint density at radius 1 is 1.05 bits per heavy atom. The summed E-state index contributed by atoms with van der Waals surface area (Å²) >= 11 is 0. The van der Waals surface area contributed by atoms with E-state index < -0.39 is 35.6 Å².